The fourth-order valence-corrected chi connectivity index (χ4v) is 6.10. The minimum Gasteiger partial charge on any atom is -0.462 e. The standard InChI is InChI=1S/C42H80O6/c1-5-7-9-11-13-14-15-18-23-27-31-35-42(45)48-39(36-46-40(43)33-29-25-20-12-10-8-6-2)37-47-41(44)34-30-26-22-19-16-17-21-24-28-32-38(3)4/h38-39H,5-37H2,1-4H3/t39-/m0/s1. The number of esters is 3. The Kier molecular flexibility index (Phi) is 35.5. The summed E-state index contributed by atoms with van der Waals surface area (Å²) in [6.07, 6.45) is 33.8. The van der Waals surface area contributed by atoms with Crippen LogP contribution in [0.3, 0.4) is 0 Å². The van der Waals surface area contributed by atoms with E-state index in [1.54, 1.807) is 0 Å². The lowest BCUT2D eigenvalue weighted by molar-refractivity contribution is -0.167. The molecule has 0 bridgehead atoms. The normalized spacial score (nSPS) is 11.9. The van der Waals surface area contributed by atoms with Gasteiger partial charge >= 0.3 is 17.9 Å². The molecule has 0 aliphatic carbocycles. The fraction of sp³-hybridized carbons (Fsp3) is 0.929. The molecule has 0 spiro atoms. The average Bonchev–Trinajstić information content (AvgIpc) is 3.06. The van der Waals surface area contributed by atoms with E-state index < -0.39 is 6.10 Å². The van der Waals surface area contributed by atoms with E-state index in [-0.39, 0.29) is 31.1 Å². The van der Waals surface area contributed by atoms with E-state index in [1.807, 2.05) is 0 Å². The molecule has 0 fully saturated rings. The molecule has 0 aliphatic heterocycles. The summed E-state index contributed by atoms with van der Waals surface area (Å²) in [6.45, 7) is 8.91. The predicted molar refractivity (Wildman–Crippen MR) is 201 cm³/mol. The van der Waals surface area contributed by atoms with Crippen LogP contribution in [0.5, 0.6) is 0 Å². The molecule has 0 heterocycles. The van der Waals surface area contributed by atoms with Crippen LogP contribution in [-0.2, 0) is 28.6 Å². The van der Waals surface area contributed by atoms with Gasteiger partial charge in [0.2, 0.25) is 0 Å². The van der Waals surface area contributed by atoms with Crippen LogP contribution >= 0.6 is 0 Å². The summed E-state index contributed by atoms with van der Waals surface area (Å²) in [5.41, 5.74) is 0. The number of carbonyl (C=O) groups is 3. The van der Waals surface area contributed by atoms with Gasteiger partial charge < -0.3 is 14.2 Å². The van der Waals surface area contributed by atoms with Crippen molar-refractivity contribution in [1.82, 2.24) is 0 Å². The average molecular weight is 681 g/mol. The zero-order valence-corrected chi connectivity index (χ0v) is 32.4. The van der Waals surface area contributed by atoms with Gasteiger partial charge in [-0.25, -0.2) is 0 Å². The van der Waals surface area contributed by atoms with Gasteiger partial charge in [0.1, 0.15) is 13.2 Å². The summed E-state index contributed by atoms with van der Waals surface area (Å²) in [5, 5.41) is 0. The summed E-state index contributed by atoms with van der Waals surface area (Å²) in [4.78, 5) is 37.4. The molecule has 0 saturated heterocycles. The molecule has 0 aromatic carbocycles. The van der Waals surface area contributed by atoms with E-state index in [0.29, 0.717) is 19.3 Å². The van der Waals surface area contributed by atoms with Crippen molar-refractivity contribution in [2.24, 2.45) is 5.92 Å². The van der Waals surface area contributed by atoms with Gasteiger partial charge in [0, 0.05) is 19.3 Å². The summed E-state index contributed by atoms with van der Waals surface area (Å²) < 4.78 is 16.6. The summed E-state index contributed by atoms with van der Waals surface area (Å²) in [5.74, 6) is -0.0587. The molecule has 6 heteroatoms. The Morgan fingerprint density at radius 3 is 1.02 bits per heavy atom. The van der Waals surface area contributed by atoms with Crippen molar-refractivity contribution in [3.8, 4) is 0 Å². The molecular weight excluding hydrogens is 600 g/mol. The zero-order valence-electron chi connectivity index (χ0n) is 32.4. The number of hydrogen-bond donors (Lipinski definition) is 0. The first-order valence-electron chi connectivity index (χ1n) is 20.9. The molecule has 0 radical (unpaired) electrons. The molecular formula is C42H80O6. The maximum absolute atomic E-state index is 12.6. The summed E-state index contributed by atoms with van der Waals surface area (Å²) in [7, 11) is 0. The number of ether oxygens (including phenoxy) is 3. The SMILES string of the molecule is CCCCCCCCCCCCCC(=O)O[C@@H](COC(=O)CCCCCCCCC)COC(=O)CCCCCCCCCCCC(C)C. The largest absolute Gasteiger partial charge is 0.462 e. The van der Waals surface area contributed by atoms with Crippen molar-refractivity contribution in [2.75, 3.05) is 13.2 Å². The van der Waals surface area contributed by atoms with Crippen molar-refractivity contribution in [2.45, 2.75) is 233 Å². The Balaban J connectivity index is 4.31. The molecule has 1 atom stereocenters. The highest BCUT2D eigenvalue weighted by molar-refractivity contribution is 5.71. The van der Waals surface area contributed by atoms with Gasteiger partial charge in [-0.1, -0.05) is 188 Å². The monoisotopic (exact) mass is 681 g/mol. The second kappa shape index (κ2) is 36.7. The van der Waals surface area contributed by atoms with Crippen LogP contribution in [0.15, 0.2) is 0 Å². The van der Waals surface area contributed by atoms with Crippen LogP contribution in [0.1, 0.15) is 227 Å². The van der Waals surface area contributed by atoms with Gasteiger partial charge in [-0.05, 0) is 25.2 Å². The highest BCUT2D eigenvalue weighted by Crippen LogP contribution is 2.15. The van der Waals surface area contributed by atoms with Crippen LogP contribution in [0.25, 0.3) is 0 Å². The quantitative estimate of drug-likeness (QED) is 0.0369. The third kappa shape index (κ3) is 35.7. The zero-order chi connectivity index (χ0) is 35.3. The van der Waals surface area contributed by atoms with E-state index in [4.69, 9.17) is 14.2 Å². The van der Waals surface area contributed by atoms with Gasteiger partial charge in [0.05, 0.1) is 0 Å². The third-order valence-electron chi connectivity index (χ3n) is 9.29. The van der Waals surface area contributed by atoms with E-state index in [0.717, 1.165) is 63.7 Å². The molecule has 0 aliphatic rings. The van der Waals surface area contributed by atoms with Crippen molar-refractivity contribution < 1.29 is 28.6 Å². The Morgan fingerprint density at radius 1 is 0.396 bits per heavy atom. The molecule has 48 heavy (non-hydrogen) atoms. The lowest BCUT2D eigenvalue weighted by Gasteiger charge is -2.18. The first-order chi connectivity index (χ1) is 23.4. The summed E-state index contributed by atoms with van der Waals surface area (Å²) in [6, 6.07) is 0. The fourth-order valence-electron chi connectivity index (χ4n) is 6.10. The van der Waals surface area contributed by atoms with Gasteiger partial charge in [-0.3, -0.25) is 14.4 Å². The van der Waals surface area contributed by atoms with Crippen LogP contribution in [0, 0.1) is 5.92 Å². The second-order valence-corrected chi connectivity index (χ2v) is 14.7. The first kappa shape index (κ1) is 46.4. The van der Waals surface area contributed by atoms with Crippen molar-refractivity contribution >= 4 is 17.9 Å². The maximum atomic E-state index is 12.6. The molecule has 0 aromatic rings. The van der Waals surface area contributed by atoms with Gasteiger partial charge in [-0.2, -0.15) is 0 Å². The Bertz CT molecular complexity index is 721. The number of carbonyl (C=O) groups excluding carboxylic acids is 3. The third-order valence-corrected chi connectivity index (χ3v) is 9.29. The molecule has 6 nitrogen and oxygen atoms in total. The second-order valence-electron chi connectivity index (χ2n) is 14.7. The molecule has 0 amide bonds. The molecule has 0 aromatic heterocycles. The van der Waals surface area contributed by atoms with Crippen molar-refractivity contribution in [3.63, 3.8) is 0 Å². The number of unbranched alkanes of at least 4 members (excludes halogenated alkanes) is 24. The van der Waals surface area contributed by atoms with Crippen LogP contribution < -0.4 is 0 Å². The molecule has 0 rings (SSSR count). The lowest BCUT2D eigenvalue weighted by atomic mass is 10.0. The minimum absolute atomic E-state index is 0.0651. The molecule has 0 saturated carbocycles. The molecule has 0 unspecified atom stereocenters. The first-order valence-corrected chi connectivity index (χ1v) is 20.9. The van der Waals surface area contributed by atoms with Gasteiger partial charge in [-0.15, -0.1) is 0 Å². The molecule has 284 valence electrons. The van der Waals surface area contributed by atoms with Crippen LogP contribution in [-0.4, -0.2) is 37.2 Å². The van der Waals surface area contributed by atoms with Gasteiger partial charge in [0.25, 0.3) is 0 Å². The molecule has 0 N–H and O–H groups in total. The van der Waals surface area contributed by atoms with Crippen molar-refractivity contribution in [3.05, 3.63) is 0 Å². The lowest BCUT2D eigenvalue weighted by Crippen LogP contribution is -2.30. The smallest absolute Gasteiger partial charge is 0.306 e. The van der Waals surface area contributed by atoms with E-state index in [1.165, 1.54) is 122 Å². The Labute approximate surface area is 298 Å². The highest BCUT2D eigenvalue weighted by Gasteiger charge is 2.19. The Hall–Kier alpha value is -1.59. The van der Waals surface area contributed by atoms with E-state index in [2.05, 4.69) is 27.7 Å². The van der Waals surface area contributed by atoms with Gasteiger partial charge in [0.15, 0.2) is 6.10 Å². The minimum atomic E-state index is -0.757. The van der Waals surface area contributed by atoms with E-state index in [9.17, 15) is 14.4 Å². The maximum Gasteiger partial charge on any atom is 0.306 e. The van der Waals surface area contributed by atoms with E-state index >= 15 is 0 Å². The number of rotatable bonds is 37. The predicted octanol–water partition coefficient (Wildman–Crippen LogP) is 12.8. The Morgan fingerprint density at radius 2 is 0.688 bits per heavy atom. The van der Waals surface area contributed by atoms with Crippen LogP contribution in [0.2, 0.25) is 0 Å². The number of hydrogen-bond acceptors (Lipinski definition) is 6. The topological polar surface area (TPSA) is 78.9 Å². The van der Waals surface area contributed by atoms with Crippen molar-refractivity contribution in [1.29, 1.82) is 0 Å². The summed E-state index contributed by atoms with van der Waals surface area (Å²) >= 11 is 0. The highest BCUT2D eigenvalue weighted by atomic mass is 16.6. The van der Waals surface area contributed by atoms with Crippen LogP contribution in [0.4, 0.5) is 0 Å².